The van der Waals surface area contributed by atoms with E-state index in [9.17, 15) is 14.4 Å². The Morgan fingerprint density at radius 3 is 2.43 bits per heavy atom. The SMILES string of the molecule is Cc1cccc(OCC(=O)NNC(=O)C2CCN(C(=O)c3ccc(Br)cc3)CC2)c1. The number of nitrogens with zero attached hydrogens (tertiary/aromatic N) is 1. The molecule has 8 heteroatoms. The minimum atomic E-state index is -0.437. The summed E-state index contributed by atoms with van der Waals surface area (Å²) < 4.78 is 6.32. The molecule has 2 aromatic carbocycles. The number of benzene rings is 2. The van der Waals surface area contributed by atoms with E-state index in [1.807, 2.05) is 37.3 Å². The number of aryl methyl sites for hydroxylation is 1. The summed E-state index contributed by atoms with van der Waals surface area (Å²) in [4.78, 5) is 38.5. The van der Waals surface area contributed by atoms with Crippen LogP contribution in [-0.2, 0) is 9.59 Å². The summed E-state index contributed by atoms with van der Waals surface area (Å²) in [6, 6.07) is 14.6. The summed E-state index contributed by atoms with van der Waals surface area (Å²) in [7, 11) is 0. The Balaban J connectivity index is 1.39. The van der Waals surface area contributed by atoms with Gasteiger partial charge in [-0.25, -0.2) is 0 Å². The molecule has 7 nitrogen and oxygen atoms in total. The third-order valence-corrected chi connectivity index (χ3v) is 5.46. The Bertz CT molecular complexity index is 909. The zero-order valence-corrected chi connectivity index (χ0v) is 18.3. The molecule has 0 unspecified atom stereocenters. The maximum Gasteiger partial charge on any atom is 0.276 e. The van der Waals surface area contributed by atoms with E-state index in [1.54, 1.807) is 23.1 Å². The van der Waals surface area contributed by atoms with Gasteiger partial charge in [-0.1, -0.05) is 28.1 Å². The number of piperidine rings is 1. The van der Waals surface area contributed by atoms with Crippen LogP contribution in [0.25, 0.3) is 0 Å². The molecule has 1 fully saturated rings. The molecule has 0 spiro atoms. The molecule has 1 aliphatic heterocycles. The molecule has 0 bridgehead atoms. The van der Waals surface area contributed by atoms with Crippen LogP contribution in [0.5, 0.6) is 5.75 Å². The van der Waals surface area contributed by atoms with Gasteiger partial charge in [0.15, 0.2) is 6.61 Å². The monoisotopic (exact) mass is 473 g/mol. The Hall–Kier alpha value is -2.87. The third-order valence-electron chi connectivity index (χ3n) is 4.93. The van der Waals surface area contributed by atoms with Crippen LogP contribution in [0.15, 0.2) is 53.0 Å². The van der Waals surface area contributed by atoms with E-state index < -0.39 is 5.91 Å². The highest BCUT2D eigenvalue weighted by Crippen LogP contribution is 2.20. The first kappa shape index (κ1) is 21.8. The molecule has 0 radical (unpaired) electrons. The van der Waals surface area contributed by atoms with Crippen molar-refractivity contribution in [1.82, 2.24) is 15.8 Å². The molecule has 1 aliphatic rings. The van der Waals surface area contributed by atoms with Gasteiger partial charge in [0.25, 0.3) is 11.8 Å². The van der Waals surface area contributed by atoms with Gasteiger partial charge in [-0.2, -0.15) is 0 Å². The fraction of sp³-hybridized carbons (Fsp3) is 0.318. The van der Waals surface area contributed by atoms with Crippen LogP contribution in [0, 0.1) is 12.8 Å². The fourth-order valence-electron chi connectivity index (χ4n) is 3.24. The van der Waals surface area contributed by atoms with Crippen molar-refractivity contribution in [2.75, 3.05) is 19.7 Å². The molecule has 1 saturated heterocycles. The van der Waals surface area contributed by atoms with Gasteiger partial charge in [0.2, 0.25) is 5.91 Å². The van der Waals surface area contributed by atoms with Crippen molar-refractivity contribution in [3.63, 3.8) is 0 Å². The van der Waals surface area contributed by atoms with Crippen LogP contribution in [0.1, 0.15) is 28.8 Å². The second-order valence-electron chi connectivity index (χ2n) is 7.22. The predicted molar refractivity (Wildman–Crippen MR) is 116 cm³/mol. The van der Waals surface area contributed by atoms with Crippen molar-refractivity contribution in [3.8, 4) is 5.75 Å². The number of likely N-dealkylation sites (tertiary alicyclic amines) is 1. The second-order valence-corrected chi connectivity index (χ2v) is 8.13. The smallest absolute Gasteiger partial charge is 0.276 e. The first-order chi connectivity index (χ1) is 14.4. The van der Waals surface area contributed by atoms with Gasteiger partial charge in [0, 0.05) is 29.0 Å². The predicted octanol–water partition coefficient (Wildman–Crippen LogP) is 2.84. The largest absolute Gasteiger partial charge is 0.484 e. The lowest BCUT2D eigenvalue weighted by atomic mass is 9.95. The van der Waals surface area contributed by atoms with Crippen molar-refractivity contribution in [3.05, 3.63) is 64.1 Å². The van der Waals surface area contributed by atoms with E-state index >= 15 is 0 Å². The highest BCUT2D eigenvalue weighted by molar-refractivity contribution is 9.10. The quantitative estimate of drug-likeness (QED) is 0.653. The molecular formula is C22H24BrN3O4. The number of carbonyl (C=O) groups excluding carboxylic acids is 3. The lowest BCUT2D eigenvalue weighted by Crippen LogP contribution is -2.49. The van der Waals surface area contributed by atoms with E-state index in [4.69, 9.17) is 4.74 Å². The van der Waals surface area contributed by atoms with Gasteiger partial charge >= 0.3 is 0 Å². The number of halogens is 1. The number of nitrogens with one attached hydrogen (secondary N) is 2. The number of ether oxygens (including phenoxy) is 1. The van der Waals surface area contributed by atoms with E-state index in [2.05, 4.69) is 26.8 Å². The summed E-state index contributed by atoms with van der Waals surface area (Å²) in [6.45, 7) is 2.74. The average Bonchev–Trinajstić information content (AvgIpc) is 2.76. The van der Waals surface area contributed by atoms with Gasteiger partial charge in [-0.3, -0.25) is 25.2 Å². The third kappa shape index (κ3) is 6.06. The number of amides is 3. The summed E-state index contributed by atoms with van der Waals surface area (Å²) in [5, 5.41) is 0. The molecule has 0 saturated carbocycles. The molecule has 2 aromatic rings. The van der Waals surface area contributed by atoms with Gasteiger partial charge in [0.1, 0.15) is 5.75 Å². The number of rotatable bonds is 5. The topological polar surface area (TPSA) is 87.7 Å². The van der Waals surface area contributed by atoms with Crippen molar-refractivity contribution in [2.24, 2.45) is 5.92 Å². The van der Waals surface area contributed by atoms with E-state index in [0.29, 0.717) is 37.2 Å². The van der Waals surface area contributed by atoms with Crippen LogP contribution in [0.2, 0.25) is 0 Å². The van der Waals surface area contributed by atoms with Crippen molar-refractivity contribution in [2.45, 2.75) is 19.8 Å². The molecular weight excluding hydrogens is 450 g/mol. The Morgan fingerprint density at radius 2 is 1.77 bits per heavy atom. The Kier molecular flexibility index (Phi) is 7.46. The molecule has 0 aromatic heterocycles. The summed E-state index contributed by atoms with van der Waals surface area (Å²) in [5.41, 5.74) is 6.50. The minimum absolute atomic E-state index is 0.0389. The van der Waals surface area contributed by atoms with E-state index in [0.717, 1.165) is 10.0 Å². The lowest BCUT2D eigenvalue weighted by Gasteiger charge is -2.31. The number of hydrogen-bond donors (Lipinski definition) is 2. The minimum Gasteiger partial charge on any atom is -0.484 e. The zero-order valence-electron chi connectivity index (χ0n) is 16.7. The molecule has 0 aliphatic carbocycles. The van der Waals surface area contributed by atoms with Crippen LogP contribution in [0.4, 0.5) is 0 Å². The van der Waals surface area contributed by atoms with Crippen molar-refractivity contribution < 1.29 is 19.1 Å². The molecule has 30 heavy (non-hydrogen) atoms. The highest BCUT2D eigenvalue weighted by atomic mass is 79.9. The van der Waals surface area contributed by atoms with E-state index in [-0.39, 0.29) is 24.3 Å². The normalized spacial score (nSPS) is 14.1. The molecule has 1 heterocycles. The zero-order chi connectivity index (χ0) is 21.5. The van der Waals surface area contributed by atoms with Gasteiger partial charge < -0.3 is 9.64 Å². The second kappa shape index (κ2) is 10.2. The Labute approximate surface area is 183 Å². The van der Waals surface area contributed by atoms with Crippen molar-refractivity contribution >= 4 is 33.7 Å². The molecule has 2 N–H and O–H groups in total. The molecule has 158 valence electrons. The highest BCUT2D eigenvalue weighted by Gasteiger charge is 2.28. The summed E-state index contributed by atoms with van der Waals surface area (Å²) in [5.74, 6) is -0.387. The Morgan fingerprint density at radius 1 is 1.07 bits per heavy atom. The summed E-state index contributed by atoms with van der Waals surface area (Å²) in [6.07, 6.45) is 1.09. The van der Waals surface area contributed by atoms with Crippen molar-refractivity contribution in [1.29, 1.82) is 0 Å². The summed E-state index contributed by atoms with van der Waals surface area (Å²) >= 11 is 3.36. The first-order valence-corrected chi connectivity index (χ1v) is 10.5. The van der Waals surface area contributed by atoms with Gasteiger partial charge in [0.05, 0.1) is 0 Å². The van der Waals surface area contributed by atoms with E-state index in [1.165, 1.54) is 0 Å². The molecule has 3 rings (SSSR count). The standard InChI is InChI=1S/C22H24BrN3O4/c1-15-3-2-4-19(13-15)30-14-20(27)24-25-21(28)16-9-11-26(12-10-16)22(29)17-5-7-18(23)8-6-17/h2-8,13,16H,9-12,14H2,1H3,(H,24,27)(H,25,28). The molecule has 3 amide bonds. The number of carbonyl (C=O) groups is 3. The maximum absolute atomic E-state index is 12.6. The molecule has 0 atom stereocenters. The van der Waals surface area contributed by atoms with Gasteiger partial charge in [-0.05, 0) is 61.7 Å². The maximum atomic E-state index is 12.6. The number of hydrazine groups is 1. The van der Waals surface area contributed by atoms with Crippen LogP contribution in [-0.4, -0.2) is 42.3 Å². The first-order valence-electron chi connectivity index (χ1n) is 9.75. The van der Waals surface area contributed by atoms with Crippen LogP contribution < -0.4 is 15.6 Å². The number of hydrogen-bond acceptors (Lipinski definition) is 4. The van der Waals surface area contributed by atoms with Crippen LogP contribution >= 0.6 is 15.9 Å². The van der Waals surface area contributed by atoms with Gasteiger partial charge in [-0.15, -0.1) is 0 Å². The van der Waals surface area contributed by atoms with Crippen LogP contribution in [0.3, 0.4) is 0 Å². The average molecular weight is 474 g/mol. The fourth-order valence-corrected chi connectivity index (χ4v) is 3.51. The lowest BCUT2D eigenvalue weighted by molar-refractivity contribution is -0.132.